The van der Waals surface area contributed by atoms with Crippen LogP contribution in [0, 0.1) is 5.92 Å². The van der Waals surface area contributed by atoms with E-state index in [0.717, 1.165) is 0 Å². The molecule has 0 aliphatic heterocycles. The van der Waals surface area contributed by atoms with Crippen molar-refractivity contribution in [1.82, 2.24) is 0 Å². The molecule has 0 aromatic carbocycles. The van der Waals surface area contributed by atoms with Gasteiger partial charge in [-0.1, -0.05) is 58.8 Å². The van der Waals surface area contributed by atoms with Crippen molar-refractivity contribution >= 4 is 17.0 Å². The van der Waals surface area contributed by atoms with E-state index >= 15 is 0 Å². The predicted molar refractivity (Wildman–Crippen MR) is 80.4 cm³/mol. The van der Waals surface area contributed by atoms with Gasteiger partial charge in [0.2, 0.25) is 0 Å². The van der Waals surface area contributed by atoms with Crippen LogP contribution in [0.15, 0.2) is 0 Å². The van der Waals surface area contributed by atoms with Gasteiger partial charge in [0.1, 0.15) is 0 Å². The fourth-order valence-electron chi connectivity index (χ4n) is 1.78. The van der Waals surface area contributed by atoms with Crippen LogP contribution in [0.5, 0.6) is 0 Å². The molecule has 0 spiro atoms. The minimum atomic E-state index is 0. The van der Waals surface area contributed by atoms with E-state index in [2.05, 4.69) is 27.7 Å². The molecule has 0 aliphatic carbocycles. The molecule has 1 nitrogen and oxygen atoms in total. The summed E-state index contributed by atoms with van der Waals surface area (Å²) in [6.45, 7) is 8.82. The summed E-state index contributed by atoms with van der Waals surface area (Å²) < 4.78 is 0. The van der Waals surface area contributed by atoms with Gasteiger partial charge in [-0.25, -0.2) is 0 Å². The van der Waals surface area contributed by atoms with Gasteiger partial charge in [0.15, 0.2) is 0 Å². The molecule has 0 aromatic rings. The lowest BCUT2D eigenvalue weighted by atomic mass is 9.86. The van der Waals surface area contributed by atoms with Crippen LogP contribution in [0.2, 0.25) is 0 Å². The fourth-order valence-corrected chi connectivity index (χ4v) is 1.78. The van der Waals surface area contributed by atoms with E-state index < -0.39 is 0 Å². The molecular weight excluding hydrogens is 262 g/mol. The molecule has 0 heterocycles. The molecule has 0 aromatic heterocycles. The van der Waals surface area contributed by atoms with Gasteiger partial charge >= 0.3 is 0 Å². The van der Waals surface area contributed by atoms with Crippen molar-refractivity contribution in [1.29, 1.82) is 0 Å². The molecule has 0 aliphatic rings. The maximum atomic E-state index is 6.06. The second-order valence-corrected chi connectivity index (χ2v) is 5.63. The minimum absolute atomic E-state index is 0. The van der Waals surface area contributed by atoms with Crippen molar-refractivity contribution in [2.75, 3.05) is 0 Å². The third-order valence-electron chi connectivity index (χ3n) is 3.51. The molecule has 100 valence electrons. The first-order valence-corrected chi connectivity index (χ1v) is 6.77. The molecule has 0 amide bonds. The number of halogens is 1. The SMILES string of the molecule is Br.CCCCCCCCCC(C)C(C)(C)N. The van der Waals surface area contributed by atoms with Crippen molar-refractivity contribution < 1.29 is 0 Å². The molecule has 0 rings (SSSR count). The Morgan fingerprint density at radius 1 is 0.938 bits per heavy atom. The van der Waals surface area contributed by atoms with Crippen LogP contribution in [-0.2, 0) is 0 Å². The van der Waals surface area contributed by atoms with E-state index in [9.17, 15) is 0 Å². The summed E-state index contributed by atoms with van der Waals surface area (Å²) >= 11 is 0. The quantitative estimate of drug-likeness (QED) is 0.590. The third kappa shape index (κ3) is 10.9. The Hall–Kier alpha value is 0.440. The summed E-state index contributed by atoms with van der Waals surface area (Å²) in [5, 5.41) is 0. The van der Waals surface area contributed by atoms with Crippen molar-refractivity contribution in [3.8, 4) is 0 Å². The Morgan fingerprint density at radius 2 is 1.38 bits per heavy atom. The number of hydrogen-bond donors (Lipinski definition) is 1. The zero-order valence-electron chi connectivity index (χ0n) is 11.7. The van der Waals surface area contributed by atoms with Crippen molar-refractivity contribution in [3.05, 3.63) is 0 Å². The van der Waals surface area contributed by atoms with Crippen molar-refractivity contribution in [2.24, 2.45) is 11.7 Å². The van der Waals surface area contributed by atoms with Crippen molar-refractivity contribution in [3.63, 3.8) is 0 Å². The molecule has 1 unspecified atom stereocenters. The summed E-state index contributed by atoms with van der Waals surface area (Å²) in [5.74, 6) is 0.646. The molecule has 0 fully saturated rings. The molecule has 16 heavy (non-hydrogen) atoms. The Labute approximate surface area is 113 Å². The van der Waals surface area contributed by atoms with Crippen LogP contribution in [0.3, 0.4) is 0 Å². The van der Waals surface area contributed by atoms with Gasteiger partial charge in [0, 0.05) is 5.54 Å². The molecule has 0 saturated carbocycles. The lowest BCUT2D eigenvalue weighted by molar-refractivity contribution is 0.316. The Bertz CT molecular complexity index is 140. The van der Waals surface area contributed by atoms with E-state index in [1.165, 1.54) is 51.4 Å². The third-order valence-corrected chi connectivity index (χ3v) is 3.51. The monoisotopic (exact) mass is 293 g/mol. The van der Waals surface area contributed by atoms with E-state index in [1.54, 1.807) is 0 Å². The molecule has 2 N–H and O–H groups in total. The van der Waals surface area contributed by atoms with Gasteiger partial charge in [-0.15, -0.1) is 17.0 Å². The van der Waals surface area contributed by atoms with Crippen LogP contribution < -0.4 is 5.73 Å². The zero-order valence-corrected chi connectivity index (χ0v) is 13.4. The van der Waals surface area contributed by atoms with Gasteiger partial charge in [-0.3, -0.25) is 0 Å². The van der Waals surface area contributed by atoms with Crippen LogP contribution in [0.25, 0.3) is 0 Å². The first-order valence-electron chi connectivity index (χ1n) is 6.77. The second kappa shape index (κ2) is 10.6. The number of rotatable bonds is 9. The lowest BCUT2D eigenvalue weighted by Crippen LogP contribution is -2.39. The Balaban J connectivity index is 0. The summed E-state index contributed by atoms with van der Waals surface area (Å²) in [7, 11) is 0. The molecule has 0 saturated heterocycles. The van der Waals surface area contributed by atoms with Gasteiger partial charge in [0.25, 0.3) is 0 Å². The Kier molecular flexibility index (Phi) is 12.4. The first kappa shape index (κ1) is 18.8. The molecule has 0 radical (unpaired) electrons. The molecular formula is C14H32BrN. The summed E-state index contributed by atoms with van der Waals surface area (Å²) in [5.41, 5.74) is 6.06. The van der Waals surface area contributed by atoms with Crippen LogP contribution in [0.1, 0.15) is 79.1 Å². The molecule has 1 atom stereocenters. The van der Waals surface area contributed by atoms with E-state index in [-0.39, 0.29) is 22.5 Å². The smallest absolute Gasteiger partial charge is 0.0123 e. The maximum Gasteiger partial charge on any atom is 0.0123 e. The van der Waals surface area contributed by atoms with Crippen molar-refractivity contribution in [2.45, 2.75) is 84.6 Å². The average Bonchev–Trinajstić information content (AvgIpc) is 2.14. The second-order valence-electron chi connectivity index (χ2n) is 5.63. The van der Waals surface area contributed by atoms with Gasteiger partial charge in [0.05, 0.1) is 0 Å². The van der Waals surface area contributed by atoms with Crippen LogP contribution in [0.4, 0.5) is 0 Å². The Morgan fingerprint density at radius 3 is 1.81 bits per heavy atom. The van der Waals surface area contributed by atoms with Gasteiger partial charge in [-0.05, 0) is 26.2 Å². The summed E-state index contributed by atoms with van der Waals surface area (Å²) in [6, 6.07) is 0. The normalized spacial score (nSPS) is 13.3. The number of nitrogens with two attached hydrogens (primary N) is 1. The summed E-state index contributed by atoms with van der Waals surface area (Å²) in [6.07, 6.45) is 11.1. The van der Waals surface area contributed by atoms with Crippen LogP contribution in [-0.4, -0.2) is 5.54 Å². The van der Waals surface area contributed by atoms with E-state index in [4.69, 9.17) is 5.73 Å². The molecule has 2 heteroatoms. The summed E-state index contributed by atoms with van der Waals surface area (Å²) in [4.78, 5) is 0. The fraction of sp³-hybridized carbons (Fsp3) is 1.00. The highest BCUT2D eigenvalue weighted by molar-refractivity contribution is 8.93. The van der Waals surface area contributed by atoms with E-state index in [1.807, 2.05) is 0 Å². The highest BCUT2D eigenvalue weighted by Gasteiger charge is 2.19. The van der Waals surface area contributed by atoms with Gasteiger partial charge in [-0.2, -0.15) is 0 Å². The zero-order chi connectivity index (χ0) is 11.7. The highest BCUT2D eigenvalue weighted by atomic mass is 79.9. The van der Waals surface area contributed by atoms with E-state index in [0.29, 0.717) is 5.92 Å². The number of unbranched alkanes of at least 4 members (excludes halogenated alkanes) is 6. The standard InChI is InChI=1S/C14H31N.BrH/c1-5-6-7-8-9-10-11-12-13(2)14(3,4)15;/h13H,5-12,15H2,1-4H3;1H. The maximum absolute atomic E-state index is 6.06. The lowest BCUT2D eigenvalue weighted by Gasteiger charge is -2.27. The van der Waals surface area contributed by atoms with Gasteiger partial charge < -0.3 is 5.73 Å². The topological polar surface area (TPSA) is 26.0 Å². The van der Waals surface area contributed by atoms with Crippen LogP contribution >= 0.6 is 17.0 Å². The first-order chi connectivity index (χ1) is 6.98. The highest BCUT2D eigenvalue weighted by Crippen LogP contribution is 2.20. The minimum Gasteiger partial charge on any atom is -0.325 e. The molecule has 0 bridgehead atoms. The predicted octanol–water partition coefficient (Wildman–Crippen LogP) is 5.08. The number of hydrogen-bond acceptors (Lipinski definition) is 1. The average molecular weight is 294 g/mol. The largest absolute Gasteiger partial charge is 0.325 e.